The van der Waals surface area contributed by atoms with E-state index in [2.05, 4.69) is 32.7 Å². The molecule has 0 saturated carbocycles. The second-order valence-electron chi connectivity index (χ2n) is 3.82. The quantitative estimate of drug-likeness (QED) is 0.833. The van der Waals surface area contributed by atoms with Crippen molar-refractivity contribution in [3.63, 3.8) is 0 Å². The lowest BCUT2D eigenvalue weighted by Crippen LogP contribution is -2.18. The van der Waals surface area contributed by atoms with E-state index >= 15 is 0 Å². The van der Waals surface area contributed by atoms with E-state index in [9.17, 15) is 0 Å². The van der Waals surface area contributed by atoms with Gasteiger partial charge in [0.05, 0.1) is 11.7 Å². The fraction of sp³-hybridized carbons (Fsp3) is 0.727. The van der Waals surface area contributed by atoms with E-state index in [4.69, 9.17) is 5.73 Å². The molecular weight excluding hydrogens is 192 g/mol. The van der Waals surface area contributed by atoms with Crippen molar-refractivity contribution in [2.45, 2.75) is 46.6 Å². The smallest absolute Gasteiger partial charge is 0.110 e. The molecule has 2 nitrogen and oxygen atoms in total. The first kappa shape index (κ1) is 11.7. The van der Waals surface area contributed by atoms with Crippen molar-refractivity contribution in [1.29, 1.82) is 0 Å². The number of hydrogen-bond acceptors (Lipinski definition) is 3. The van der Waals surface area contributed by atoms with Gasteiger partial charge in [-0.2, -0.15) is 0 Å². The van der Waals surface area contributed by atoms with Crippen LogP contribution in [0.4, 0.5) is 0 Å². The monoisotopic (exact) mass is 212 g/mol. The Morgan fingerprint density at radius 3 is 2.50 bits per heavy atom. The third kappa shape index (κ3) is 2.34. The molecule has 0 aromatic carbocycles. The average molecular weight is 212 g/mol. The van der Waals surface area contributed by atoms with Gasteiger partial charge in [-0.15, -0.1) is 11.3 Å². The first-order valence-corrected chi connectivity index (χ1v) is 6.13. The third-order valence-electron chi connectivity index (χ3n) is 2.79. The van der Waals surface area contributed by atoms with Crippen LogP contribution in [0.3, 0.4) is 0 Å². The van der Waals surface area contributed by atoms with E-state index in [1.165, 1.54) is 10.6 Å². The first-order valence-electron chi connectivity index (χ1n) is 5.31. The summed E-state index contributed by atoms with van der Waals surface area (Å²) in [6, 6.07) is 0.115. The summed E-state index contributed by atoms with van der Waals surface area (Å²) in [6.07, 6.45) is 2.12. The van der Waals surface area contributed by atoms with Gasteiger partial charge in [-0.05, 0) is 19.3 Å². The van der Waals surface area contributed by atoms with Gasteiger partial charge in [0.1, 0.15) is 5.01 Å². The number of rotatable bonds is 4. The van der Waals surface area contributed by atoms with Gasteiger partial charge in [-0.3, -0.25) is 0 Å². The molecule has 0 saturated heterocycles. The van der Waals surface area contributed by atoms with Crippen molar-refractivity contribution in [1.82, 2.24) is 4.98 Å². The lowest BCUT2D eigenvalue weighted by atomic mass is 10.0. The summed E-state index contributed by atoms with van der Waals surface area (Å²) >= 11 is 1.75. The molecule has 0 aliphatic carbocycles. The molecule has 1 heterocycles. The highest BCUT2D eigenvalue weighted by molar-refractivity contribution is 7.11. The first-order chi connectivity index (χ1) is 6.60. The zero-order valence-electron chi connectivity index (χ0n) is 9.50. The lowest BCUT2D eigenvalue weighted by molar-refractivity contribution is 0.455. The molecule has 0 bridgehead atoms. The van der Waals surface area contributed by atoms with Gasteiger partial charge in [0, 0.05) is 4.88 Å². The van der Waals surface area contributed by atoms with Gasteiger partial charge in [-0.25, -0.2) is 4.98 Å². The van der Waals surface area contributed by atoms with Crippen molar-refractivity contribution in [3.8, 4) is 0 Å². The van der Waals surface area contributed by atoms with Crippen molar-refractivity contribution in [2.24, 2.45) is 11.7 Å². The minimum absolute atomic E-state index is 0.115. The van der Waals surface area contributed by atoms with Gasteiger partial charge in [0.15, 0.2) is 0 Å². The number of nitrogens with two attached hydrogens (primary N) is 1. The minimum Gasteiger partial charge on any atom is -0.322 e. The van der Waals surface area contributed by atoms with Crippen LogP contribution in [-0.2, 0) is 6.42 Å². The number of hydrogen-bond donors (Lipinski definition) is 1. The Balaban J connectivity index is 2.85. The Bertz CT molecular complexity index is 293. The summed E-state index contributed by atoms with van der Waals surface area (Å²) in [6.45, 7) is 8.63. The SMILES string of the molecule is CCc1nc(C(N)C(C)CC)sc1C. The summed E-state index contributed by atoms with van der Waals surface area (Å²) in [7, 11) is 0. The van der Waals surface area contributed by atoms with Gasteiger partial charge in [-0.1, -0.05) is 27.2 Å². The van der Waals surface area contributed by atoms with Crippen LogP contribution in [-0.4, -0.2) is 4.98 Å². The van der Waals surface area contributed by atoms with E-state index in [0.29, 0.717) is 5.92 Å². The highest BCUT2D eigenvalue weighted by atomic mass is 32.1. The lowest BCUT2D eigenvalue weighted by Gasteiger charge is -2.15. The van der Waals surface area contributed by atoms with E-state index in [1.807, 2.05) is 0 Å². The van der Waals surface area contributed by atoms with Crippen molar-refractivity contribution >= 4 is 11.3 Å². The maximum atomic E-state index is 6.13. The molecule has 0 aliphatic rings. The van der Waals surface area contributed by atoms with Crippen LogP contribution in [0.1, 0.15) is 48.8 Å². The second-order valence-corrected chi connectivity index (χ2v) is 5.05. The Hall–Kier alpha value is -0.410. The topological polar surface area (TPSA) is 38.9 Å². The Kier molecular flexibility index (Phi) is 4.08. The van der Waals surface area contributed by atoms with Crippen LogP contribution < -0.4 is 5.73 Å². The standard InChI is InChI=1S/C11H20N2S/c1-5-7(3)10(12)11-13-9(6-2)8(4)14-11/h7,10H,5-6,12H2,1-4H3. The maximum Gasteiger partial charge on any atom is 0.110 e. The molecule has 0 aliphatic heterocycles. The van der Waals surface area contributed by atoms with Crippen LogP contribution in [0.25, 0.3) is 0 Å². The Morgan fingerprint density at radius 1 is 1.43 bits per heavy atom. The van der Waals surface area contributed by atoms with Crippen LogP contribution >= 0.6 is 11.3 Å². The molecule has 2 unspecified atom stereocenters. The zero-order chi connectivity index (χ0) is 10.7. The molecule has 80 valence electrons. The van der Waals surface area contributed by atoms with Gasteiger partial charge in [0.2, 0.25) is 0 Å². The summed E-state index contributed by atoms with van der Waals surface area (Å²) < 4.78 is 0. The molecule has 14 heavy (non-hydrogen) atoms. The highest BCUT2D eigenvalue weighted by Crippen LogP contribution is 2.27. The minimum atomic E-state index is 0.115. The van der Waals surface area contributed by atoms with E-state index in [0.717, 1.165) is 17.8 Å². The van der Waals surface area contributed by atoms with Crippen LogP contribution in [0.5, 0.6) is 0 Å². The fourth-order valence-electron chi connectivity index (χ4n) is 1.42. The normalized spacial score (nSPS) is 15.5. The summed E-state index contributed by atoms with van der Waals surface area (Å²) in [4.78, 5) is 5.91. The average Bonchev–Trinajstić information content (AvgIpc) is 2.57. The van der Waals surface area contributed by atoms with Crippen LogP contribution in [0, 0.1) is 12.8 Å². The number of thiazole rings is 1. The number of aromatic nitrogens is 1. The van der Waals surface area contributed by atoms with Gasteiger partial charge < -0.3 is 5.73 Å². The predicted octanol–water partition coefficient (Wildman–Crippen LogP) is 3.06. The van der Waals surface area contributed by atoms with Gasteiger partial charge >= 0.3 is 0 Å². The number of aryl methyl sites for hydroxylation is 2. The van der Waals surface area contributed by atoms with E-state index in [-0.39, 0.29) is 6.04 Å². The number of nitrogens with zero attached hydrogens (tertiary/aromatic N) is 1. The largest absolute Gasteiger partial charge is 0.322 e. The predicted molar refractivity (Wildman–Crippen MR) is 62.6 cm³/mol. The second kappa shape index (κ2) is 4.89. The highest BCUT2D eigenvalue weighted by Gasteiger charge is 2.17. The van der Waals surface area contributed by atoms with Crippen LogP contribution in [0.15, 0.2) is 0 Å². The molecular formula is C11H20N2S. The molecule has 1 aromatic rings. The summed E-state index contributed by atoms with van der Waals surface area (Å²) in [5.74, 6) is 0.519. The summed E-state index contributed by atoms with van der Waals surface area (Å²) in [5, 5.41) is 1.11. The molecule has 1 aromatic heterocycles. The van der Waals surface area contributed by atoms with Crippen molar-refractivity contribution < 1.29 is 0 Å². The maximum absolute atomic E-state index is 6.13. The summed E-state index contributed by atoms with van der Waals surface area (Å²) in [5.41, 5.74) is 7.35. The third-order valence-corrected chi connectivity index (χ3v) is 3.90. The van der Waals surface area contributed by atoms with E-state index < -0.39 is 0 Å². The van der Waals surface area contributed by atoms with Crippen LogP contribution in [0.2, 0.25) is 0 Å². The van der Waals surface area contributed by atoms with Crippen molar-refractivity contribution in [3.05, 3.63) is 15.6 Å². The Labute approximate surface area is 90.6 Å². The zero-order valence-corrected chi connectivity index (χ0v) is 10.3. The van der Waals surface area contributed by atoms with Gasteiger partial charge in [0.25, 0.3) is 0 Å². The Morgan fingerprint density at radius 2 is 2.07 bits per heavy atom. The molecule has 0 amide bonds. The molecule has 2 N–H and O–H groups in total. The molecule has 0 spiro atoms. The fourth-order valence-corrected chi connectivity index (χ4v) is 2.56. The molecule has 2 atom stereocenters. The van der Waals surface area contributed by atoms with Crippen molar-refractivity contribution in [2.75, 3.05) is 0 Å². The molecule has 0 radical (unpaired) electrons. The molecule has 3 heteroatoms. The molecule has 1 rings (SSSR count). The molecule has 0 fully saturated rings. The van der Waals surface area contributed by atoms with E-state index in [1.54, 1.807) is 11.3 Å².